The monoisotopic (exact) mass is 250 g/mol. The van der Waals surface area contributed by atoms with E-state index in [9.17, 15) is 0 Å². The maximum absolute atomic E-state index is 3.88. The summed E-state index contributed by atoms with van der Waals surface area (Å²) in [4.78, 5) is 2.80. The summed E-state index contributed by atoms with van der Waals surface area (Å²) in [5.74, 6) is 1.98. The maximum Gasteiger partial charge on any atom is 0.0308 e. The molecule has 0 aromatic rings. The normalized spacial score (nSPS) is 37.2. The molecular formula is C16H30N2. The third-order valence-electron chi connectivity index (χ3n) is 5.56. The average molecular weight is 250 g/mol. The van der Waals surface area contributed by atoms with Crippen LogP contribution in [0.4, 0.5) is 0 Å². The molecule has 2 atom stereocenters. The van der Waals surface area contributed by atoms with E-state index in [0.29, 0.717) is 5.54 Å². The van der Waals surface area contributed by atoms with Crippen molar-refractivity contribution in [3.05, 3.63) is 0 Å². The number of rotatable bonds is 2. The summed E-state index contributed by atoms with van der Waals surface area (Å²) in [5.41, 5.74) is 0.501. The van der Waals surface area contributed by atoms with Crippen molar-refractivity contribution in [1.82, 2.24) is 10.2 Å². The van der Waals surface area contributed by atoms with E-state index in [0.717, 1.165) is 11.8 Å². The Hall–Kier alpha value is -0.0800. The summed E-state index contributed by atoms with van der Waals surface area (Å²) < 4.78 is 0. The van der Waals surface area contributed by atoms with Gasteiger partial charge in [0.1, 0.15) is 0 Å². The van der Waals surface area contributed by atoms with Crippen molar-refractivity contribution >= 4 is 0 Å². The molecule has 1 heterocycles. The number of hydrogen-bond donors (Lipinski definition) is 1. The summed E-state index contributed by atoms with van der Waals surface area (Å²) in [5, 5.41) is 3.88. The van der Waals surface area contributed by atoms with Gasteiger partial charge in [0.25, 0.3) is 0 Å². The smallest absolute Gasteiger partial charge is 0.0308 e. The van der Waals surface area contributed by atoms with Crippen molar-refractivity contribution in [2.45, 2.75) is 63.8 Å². The third kappa shape index (κ3) is 2.91. The van der Waals surface area contributed by atoms with Crippen LogP contribution in [-0.4, -0.2) is 36.6 Å². The van der Waals surface area contributed by atoms with Crippen LogP contribution in [0.1, 0.15) is 58.3 Å². The van der Waals surface area contributed by atoms with Gasteiger partial charge in [-0.3, -0.25) is 0 Å². The molecule has 0 aromatic carbocycles. The number of nitrogens with one attached hydrogen (secondary N) is 1. The van der Waals surface area contributed by atoms with E-state index >= 15 is 0 Å². The van der Waals surface area contributed by atoms with E-state index < -0.39 is 0 Å². The summed E-state index contributed by atoms with van der Waals surface area (Å²) in [7, 11) is 0. The van der Waals surface area contributed by atoms with E-state index in [1.54, 1.807) is 0 Å². The van der Waals surface area contributed by atoms with E-state index in [2.05, 4.69) is 17.1 Å². The molecule has 3 rings (SSSR count). The zero-order valence-electron chi connectivity index (χ0n) is 12.1. The van der Waals surface area contributed by atoms with Crippen molar-refractivity contribution in [3.63, 3.8) is 0 Å². The van der Waals surface area contributed by atoms with Crippen LogP contribution in [-0.2, 0) is 0 Å². The average Bonchev–Trinajstić information content (AvgIpc) is 2.89. The van der Waals surface area contributed by atoms with Crippen molar-refractivity contribution in [2.24, 2.45) is 11.8 Å². The van der Waals surface area contributed by atoms with Crippen molar-refractivity contribution < 1.29 is 0 Å². The molecule has 2 unspecified atom stereocenters. The SMILES string of the molecule is CC1CCC(CN2CCCNC3(CCCC3)C2)C1. The van der Waals surface area contributed by atoms with Crippen LogP contribution in [0, 0.1) is 11.8 Å². The second-order valence-corrected chi connectivity index (χ2v) is 7.29. The molecule has 3 aliphatic rings. The molecule has 1 N–H and O–H groups in total. The topological polar surface area (TPSA) is 15.3 Å². The molecule has 2 aliphatic carbocycles. The molecule has 0 aromatic heterocycles. The molecule has 0 bridgehead atoms. The van der Waals surface area contributed by atoms with Gasteiger partial charge in [0.15, 0.2) is 0 Å². The molecule has 3 fully saturated rings. The summed E-state index contributed by atoms with van der Waals surface area (Å²) in [6.07, 6.45) is 11.5. The van der Waals surface area contributed by atoms with Crippen LogP contribution in [0.15, 0.2) is 0 Å². The third-order valence-corrected chi connectivity index (χ3v) is 5.56. The van der Waals surface area contributed by atoms with Crippen LogP contribution in [0.2, 0.25) is 0 Å². The van der Waals surface area contributed by atoms with Gasteiger partial charge in [0, 0.05) is 18.6 Å². The Balaban J connectivity index is 1.57. The Morgan fingerprint density at radius 1 is 1.17 bits per heavy atom. The fourth-order valence-corrected chi connectivity index (χ4v) is 4.62. The van der Waals surface area contributed by atoms with Crippen LogP contribution in [0.5, 0.6) is 0 Å². The highest BCUT2D eigenvalue weighted by Crippen LogP contribution is 2.34. The predicted octanol–water partition coefficient (Wildman–Crippen LogP) is 3.03. The Bertz CT molecular complexity index is 270. The highest BCUT2D eigenvalue weighted by molar-refractivity contribution is 4.97. The molecule has 2 heteroatoms. The number of nitrogens with zero attached hydrogens (tertiary/aromatic N) is 1. The van der Waals surface area contributed by atoms with Crippen LogP contribution in [0.3, 0.4) is 0 Å². The zero-order valence-corrected chi connectivity index (χ0v) is 12.1. The van der Waals surface area contributed by atoms with Gasteiger partial charge in [0.2, 0.25) is 0 Å². The summed E-state index contributed by atoms with van der Waals surface area (Å²) >= 11 is 0. The fraction of sp³-hybridized carbons (Fsp3) is 1.00. The second-order valence-electron chi connectivity index (χ2n) is 7.29. The minimum Gasteiger partial charge on any atom is -0.310 e. The van der Waals surface area contributed by atoms with Crippen molar-refractivity contribution in [3.8, 4) is 0 Å². The zero-order chi connectivity index (χ0) is 12.4. The van der Waals surface area contributed by atoms with Crippen LogP contribution < -0.4 is 5.32 Å². The first-order valence-corrected chi connectivity index (χ1v) is 8.23. The van der Waals surface area contributed by atoms with Gasteiger partial charge in [-0.2, -0.15) is 0 Å². The van der Waals surface area contributed by atoms with Gasteiger partial charge < -0.3 is 10.2 Å². The Morgan fingerprint density at radius 3 is 2.72 bits per heavy atom. The molecule has 2 saturated carbocycles. The molecule has 0 radical (unpaired) electrons. The lowest BCUT2D eigenvalue weighted by Crippen LogP contribution is -2.50. The summed E-state index contributed by atoms with van der Waals surface area (Å²) in [6.45, 7) is 7.73. The van der Waals surface area contributed by atoms with Gasteiger partial charge in [-0.15, -0.1) is 0 Å². The van der Waals surface area contributed by atoms with E-state index in [4.69, 9.17) is 0 Å². The lowest BCUT2D eigenvalue weighted by Gasteiger charge is -2.34. The Labute approximate surface area is 113 Å². The highest BCUT2D eigenvalue weighted by Gasteiger charge is 2.37. The molecule has 1 aliphatic heterocycles. The molecule has 1 spiro atoms. The number of hydrogen-bond acceptors (Lipinski definition) is 2. The first kappa shape index (κ1) is 12.9. The molecular weight excluding hydrogens is 220 g/mol. The highest BCUT2D eigenvalue weighted by atomic mass is 15.2. The van der Waals surface area contributed by atoms with E-state index in [-0.39, 0.29) is 0 Å². The second kappa shape index (κ2) is 5.50. The molecule has 0 amide bonds. The molecule has 104 valence electrons. The van der Waals surface area contributed by atoms with Gasteiger partial charge in [-0.1, -0.05) is 26.2 Å². The Kier molecular flexibility index (Phi) is 3.95. The first-order chi connectivity index (χ1) is 8.76. The minimum atomic E-state index is 0.501. The van der Waals surface area contributed by atoms with Gasteiger partial charge in [-0.05, 0) is 57.0 Å². The van der Waals surface area contributed by atoms with E-state index in [1.165, 1.54) is 77.5 Å². The van der Waals surface area contributed by atoms with Crippen LogP contribution in [0.25, 0.3) is 0 Å². The standard InChI is InChI=1S/C16H30N2/c1-14-5-6-15(11-14)12-18-10-4-9-17-16(13-18)7-2-3-8-16/h14-15,17H,2-13H2,1H3. The molecule has 18 heavy (non-hydrogen) atoms. The Morgan fingerprint density at radius 2 is 2.00 bits per heavy atom. The van der Waals surface area contributed by atoms with Gasteiger partial charge in [-0.25, -0.2) is 0 Å². The lowest BCUT2D eigenvalue weighted by molar-refractivity contribution is 0.184. The maximum atomic E-state index is 3.88. The first-order valence-electron chi connectivity index (χ1n) is 8.23. The lowest BCUT2D eigenvalue weighted by atomic mass is 9.96. The quantitative estimate of drug-likeness (QED) is 0.810. The minimum absolute atomic E-state index is 0.501. The predicted molar refractivity (Wildman–Crippen MR) is 76.8 cm³/mol. The fourth-order valence-electron chi connectivity index (χ4n) is 4.62. The van der Waals surface area contributed by atoms with E-state index in [1.807, 2.05) is 0 Å². The van der Waals surface area contributed by atoms with Gasteiger partial charge in [0.05, 0.1) is 0 Å². The van der Waals surface area contributed by atoms with Crippen molar-refractivity contribution in [1.29, 1.82) is 0 Å². The summed E-state index contributed by atoms with van der Waals surface area (Å²) in [6, 6.07) is 0. The largest absolute Gasteiger partial charge is 0.310 e. The van der Waals surface area contributed by atoms with Crippen molar-refractivity contribution in [2.75, 3.05) is 26.2 Å². The van der Waals surface area contributed by atoms with Crippen LogP contribution >= 0.6 is 0 Å². The molecule has 2 nitrogen and oxygen atoms in total. The molecule has 1 saturated heterocycles. The van der Waals surface area contributed by atoms with Gasteiger partial charge >= 0.3 is 0 Å².